The van der Waals surface area contributed by atoms with E-state index in [9.17, 15) is 4.79 Å². The molecule has 1 aliphatic carbocycles. The summed E-state index contributed by atoms with van der Waals surface area (Å²) in [6.07, 6.45) is 6.13. The van der Waals surface area contributed by atoms with Crippen LogP contribution >= 0.6 is 11.6 Å². The number of nitrogens with zero attached hydrogens (tertiary/aromatic N) is 2. The van der Waals surface area contributed by atoms with Crippen molar-refractivity contribution >= 4 is 17.5 Å². The van der Waals surface area contributed by atoms with E-state index in [1.807, 2.05) is 18.2 Å². The van der Waals surface area contributed by atoms with Crippen LogP contribution in [-0.2, 0) is 11.3 Å². The highest BCUT2D eigenvalue weighted by molar-refractivity contribution is 6.31. The van der Waals surface area contributed by atoms with Crippen LogP contribution in [-0.4, -0.2) is 54.5 Å². The van der Waals surface area contributed by atoms with Crippen LogP contribution in [0, 0.1) is 0 Å². The first kappa shape index (κ1) is 17.7. The van der Waals surface area contributed by atoms with Crippen LogP contribution in [0.15, 0.2) is 24.3 Å². The van der Waals surface area contributed by atoms with Gasteiger partial charge in [-0.15, -0.1) is 0 Å². The normalized spacial score (nSPS) is 20.9. The average Bonchev–Trinajstić information content (AvgIpc) is 2.59. The number of carbonyl (C=O) groups is 1. The lowest BCUT2D eigenvalue weighted by atomic mass is 9.95. The molecular weight excluding hydrogens is 322 g/mol. The minimum atomic E-state index is 0.196. The number of carbonyl (C=O) groups excluding carboxylic acids is 1. The van der Waals surface area contributed by atoms with Crippen LogP contribution in [0.4, 0.5) is 0 Å². The second kappa shape index (κ2) is 8.84. The van der Waals surface area contributed by atoms with Crippen LogP contribution in [0.1, 0.15) is 37.7 Å². The molecule has 0 radical (unpaired) electrons. The van der Waals surface area contributed by atoms with E-state index >= 15 is 0 Å². The number of nitrogens with one attached hydrogen (secondary N) is 1. The maximum atomic E-state index is 12.2. The van der Waals surface area contributed by atoms with Crippen molar-refractivity contribution in [2.45, 2.75) is 44.7 Å². The van der Waals surface area contributed by atoms with Crippen molar-refractivity contribution in [3.05, 3.63) is 34.9 Å². The quantitative estimate of drug-likeness (QED) is 0.887. The van der Waals surface area contributed by atoms with Gasteiger partial charge in [0.05, 0.1) is 6.54 Å². The van der Waals surface area contributed by atoms with Crippen molar-refractivity contribution in [1.82, 2.24) is 15.1 Å². The molecule has 0 aromatic heterocycles. The first-order valence-electron chi connectivity index (χ1n) is 9.18. The summed E-state index contributed by atoms with van der Waals surface area (Å²) >= 11 is 6.24. The minimum absolute atomic E-state index is 0.196. The van der Waals surface area contributed by atoms with Crippen molar-refractivity contribution in [2.75, 3.05) is 32.7 Å². The molecule has 132 valence electrons. The van der Waals surface area contributed by atoms with Crippen LogP contribution in [0.25, 0.3) is 0 Å². The Kier molecular flexibility index (Phi) is 6.52. The maximum Gasteiger partial charge on any atom is 0.234 e. The van der Waals surface area contributed by atoms with Gasteiger partial charge in [-0.3, -0.25) is 14.6 Å². The van der Waals surface area contributed by atoms with Gasteiger partial charge in [-0.25, -0.2) is 0 Å². The van der Waals surface area contributed by atoms with Crippen LogP contribution in [0.3, 0.4) is 0 Å². The van der Waals surface area contributed by atoms with Gasteiger partial charge in [0.2, 0.25) is 5.91 Å². The fourth-order valence-electron chi connectivity index (χ4n) is 3.70. The molecule has 2 aliphatic rings. The number of amides is 1. The monoisotopic (exact) mass is 349 g/mol. The zero-order valence-corrected chi connectivity index (χ0v) is 15.1. The van der Waals surface area contributed by atoms with E-state index in [0.717, 1.165) is 50.6 Å². The van der Waals surface area contributed by atoms with E-state index in [1.165, 1.54) is 24.8 Å². The summed E-state index contributed by atoms with van der Waals surface area (Å²) in [7, 11) is 0. The summed E-state index contributed by atoms with van der Waals surface area (Å²) in [5.41, 5.74) is 1.18. The molecule has 1 aliphatic heterocycles. The van der Waals surface area contributed by atoms with Gasteiger partial charge in [0.15, 0.2) is 0 Å². The number of hydrogen-bond donors (Lipinski definition) is 1. The molecule has 2 fully saturated rings. The highest BCUT2D eigenvalue weighted by Gasteiger charge is 2.21. The number of piperazine rings is 1. The molecule has 0 atom stereocenters. The van der Waals surface area contributed by atoms with Crippen LogP contribution in [0.5, 0.6) is 0 Å². The summed E-state index contributed by atoms with van der Waals surface area (Å²) in [6.45, 7) is 5.30. The van der Waals surface area contributed by atoms with E-state index < -0.39 is 0 Å². The molecular formula is C19H28ClN3O. The SMILES string of the molecule is O=C(CN1CCN(Cc2ccccc2Cl)CC1)NC1CCCCC1. The smallest absolute Gasteiger partial charge is 0.234 e. The fourth-order valence-corrected chi connectivity index (χ4v) is 3.89. The van der Waals surface area contributed by atoms with Gasteiger partial charge in [0, 0.05) is 43.8 Å². The molecule has 1 heterocycles. The van der Waals surface area contributed by atoms with Gasteiger partial charge >= 0.3 is 0 Å². The van der Waals surface area contributed by atoms with Crippen molar-refractivity contribution in [1.29, 1.82) is 0 Å². The molecule has 1 N–H and O–H groups in total. The van der Waals surface area contributed by atoms with Gasteiger partial charge in [0.1, 0.15) is 0 Å². The summed E-state index contributed by atoms with van der Waals surface area (Å²) < 4.78 is 0. The van der Waals surface area contributed by atoms with Crippen molar-refractivity contribution in [3.8, 4) is 0 Å². The lowest BCUT2D eigenvalue weighted by Gasteiger charge is -2.34. The highest BCUT2D eigenvalue weighted by atomic mass is 35.5. The maximum absolute atomic E-state index is 12.2. The van der Waals surface area contributed by atoms with Crippen molar-refractivity contribution in [3.63, 3.8) is 0 Å². The number of benzene rings is 1. The zero-order valence-electron chi connectivity index (χ0n) is 14.3. The Morgan fingerprint density at radius 2 is 1.71 bits per heavy atom. The number of halogens is 1. The molecule has 3 rings (SSSR count). The Morgan fingerprint density at radius 1 is 1.04 bits per heavy atom. The number of rotatable bonds is 5. The van der Waals surface area contributed by atoms with E-state index in [0.29, 0.717) is 12.6 Å². The molecule has 4 nitrogen and oxygen atoms in total. The average molecular weight is 350 g/mol. The highest BCUT2D eigenvalue weighted by Crippen LogP contribution is 2.18. The van der Waals surface area contributed by atoms with Gasteiger partial charge in [0.25, 0.3) is 0 Å². The lowest BCUT2D eigenvalue weighted by Crippen LogP contribution is -2.50. The molecule has 24 heavy (non-hydrogen) atoms. The van der Waals surface area contributed by atoms with Gasteiger partial charge in [-0.1, -0.05) is 49.1 Å². The standard InChI is InChI=1S/C19H28ClN3O/c20-18-9-5-4-6-16(18)14-22-10-12-23(13-11-22)15-19(24)21-17-7-2-1-3-8-17/h4-6,9,17H,1-3,7-8,10-15H2,(H,21,24). The first-order chi connectivity index (χ1) is 11.7. The van der Waals surface area contributed by atoms with E-state index in [2.05, 4.69) is 21.2 Å². The van der Waals surface area contributed by atoms with Crippen molar-refractivity contribution in [2.24, 2.45) is 0 Å². The summed E-state index contributed by atoms with van der Waals surface area (Å²) in [6, 6.07) is 8.45. The molecule has 1 aromatic rings. The predicted molar refractivity (Wildman–Crippen MR) is 98.2 cm³/mol. The second-order valence-corrected chi connectivity index (χ2v) is 7.45. The molecule has 0 spiro atoms. The Labute approximate surface area is 150 Å². The minimum Gasteiger partial charge on any atom is -0.352 e. The lowest BCUT2D eigenvalue weighted by molar-refractivity contribution is -0.123. The fraction of sp³-hybridized carbons (Fsp3) is 0.632. The predicted octanol–water partition coefficient (Wildman–Crippen LogP) is 2.91. The zero-order chi connectivity index (χ0) is 16.8. The molecule has 1 amide bonds. The van der Waals surface area contributed by atoms with Gasteiger partial charge in [-0.05, 0) is 24.5 Å². The molecule has 1 aromatic carbocycles. The van der Waals surface area contributed by atoms with Crippen LogP contribution in [0.2, 0.25) is 5.02 Å². The van der Waals surface area contributed by atoms with E-state index in [-0.39, 0.29) is 5.91 Å². The molecule has 1 saturated heterocycles. The third kappa shape index (κ3) is 5.20. The molecule has 1 saturated carbocycles. The van der Waals surface area contributed by atoms with E-state index in [4.69, 9.17) is 11.6 Å². The molecule has 0 unspecified atom stereocenters. The Bertz CT molecular complexity index is 537. The van der Waals surface area contributed by atoms with Crippen LogP contribution < -0.4 is 5.32 Å². The third-order valence-corrected chi connectivity index (χ3v) is 5.52. The number of hydrogen-bond acceptors (Lipinski definition) is 3. The third-order valence-electron chi connectivity index (χ3n) is 5.15. The topological polar surface area (TPSA) is 35.6 Å². The second-order valence-electron chi connectivity index (χ2n) is 7.05. The first-order valence-corrected chi connectivity index (χ1v) is 9.56. The summed E-state index contributed by atoms with van der Waals surface area (Å²) in [5.74, 6) is 0.196. The largest absolute Gasteiger partial charge is 0.352 e. The summed E-state index contributed by atoms with van der Waals surface area (Å²) in [4.78, 5) is 16.9. The van der Waals surface area contributed by atoms with E-state index in [1.54, 1.807) is 0 Å². The summed E-state index contributed by atoms with van der Waals surface area (Å²) in [5, 5.41) is 4.05. The van der Waals surface area contributed by atoms with Gasteiger partial charge in [-0.2, -0.15) is 0 Å². The Balaban J connectivity index is 1.38. The molecule has 0 bridgehead atoms. The van der Waals surface area contributed by atoms with Gasteiger partial charge < -0.3 is 5.32 Å². The Hall–Kier alpha value is -1.10. The van der Waals surface area contributed by atoms with Crippen molar-refractivity contribution < 1.29 is 4.79 Å². The Morgan fingerprint density at radius 3 is 2.42 bits per heavy atom. The molecule has 5 heteroatoms.